The van der Waals surface area contributed by atoms with Crippen molar-refractivity contribution in [2.24, 2.45) is 0 Å². The minimum Gasteiger partial charge on any atom is -0.462 e. The molecular weight excluding hydrogens is 254 g/mol. The van der Waals surface area contributed by atoms with E-state index >= 15 is 0 Å². The van der Waals surface area contributed by atoms with Gasteiger partial charge in [0.15, 0.2) is 5.78 Å². The first kappa shape index (κ1) is 13.8. The summed E-state index contributed by atoms with van der Waals surface area (Å²) in [5, 5.41) is 0. The van der Waals surface area contributed by atoms with Crippen molar-refractivity contribution in [1.82, 2.24) is 0 Å². The molecule has 0 saturated heterocycles. The number of rotatable bonds is 4. The zero-order valence-corrected chi connectivity index (χ0v) is 11.1. The van der Waals surface area contributed by atoms with E-state index in [4.69, 9.17) is 10.5 Å². The molecule has 0 atom stereocenters. The summed E-state index contributed by atoms with van der Waals surface area (Å²) in [5.74, 6) is -0.749. The maximum Gasteiger partial charge on any atom is 0.338 e. The minimum atomic E-state index is -0.500. The predicted octanol–water partition coefficient (Wildman–Crippen LogP) is 2.68. The van der Waals surface area contributed by atoms with Crippen molar-refractivity contribution in [2.45, 2.75) is 6.92 Å². The second kappa shape index (κ2) is 6.02. The number of nitrogen functional groups attached to an aromatic ring is 1. The van der Waals surface area contributed by atoms with Crippen molar-refractivity contribution in [1.29, 1.82) is 0 Å². The molecule has 2 rings (SSSR count). The fourth-order valence-electron chi connectivity index (χ4n) is 1.90. The van der Waals surface area contributed by atoms with Crippen molar-refractivity contribution in [3.8, 4) is 0 Å². The van der Waals surface area contributed by atoms with Crippen LogP contribution in [0.4, 0.5) is 5.69 Å². The third-order valence-corrected chi connectivity index (χ3v) is 2.82. The molecule has 0 aliphatic heterocycles. The van der Waals surface area contributed by atoms with Gasteiger partial charge in [-0.1, -0.05) is 30.3 Å². The Morgan fingerprint density at radius 3 is 2.40 bits per heavy atom. The van der Waals surface area contributed by atoms with Gasteiger partial charge in [0.2, 0.25) is 0 Å². The summed E-state index contributed by atoms with van der Waals surface area (Å²) in [6.07, 6.45) is 0. The van der Waals surface area contributed by atoms with Crippen LogP contribution >= 0.6 is 0 Å². The van der Waals surface area contributed by atoms with Crippen LogP contribution in [0.5, 0.6) is 0 Å². The summed E-state index contributed by atoms with van der Waals surface area (Å²) in [6.45, 7) is 1.99. The van der Waals surface area contributed by atoms with Gasteiger partial charge in [0.05, 0.1) is 12.2 Å². The lowest BCUT2D eigenvalue weighted by atomic mass is 9.98. The Balaban J connectivity index is 2.42. The van der Waals surface area contributed by atoms with Gasteiger partial charge in [-0.3, -0.25) is 4.79 Å². The maximum atomic E-state index is 12.5. The van der Waals surface area contributed by atoms with Crippen LogP contribution in [0.3, 0.4) is 0 Å². The van der Waals surface area contributed by atoms with E-state index in [1.165, 1.54) is 0 Å². The van der Waals surface area contributed by atoms with E-state index in [0.29, 0.717) is 16.8 Å². The second-order valence-electron chi connectivity index (χ2n) is 4.22. The van der Waals surface area contributed by atoms with Crippen molar-refractivity contribution in [3.63, 3.8) is 0 Å². The van der Waals surface area contributed by atoms with Gasteiger partial charge in [-0.25, -0.2) is 4.79 Å². The first-order valence-electron chi connectivity index (χ1n) is 6.30. The van der Waals surface area contributed by atoms with E-state index in [0.717, 1.165) is 0 Å². The Bertz CT molecular complexity index is 650. The van der Waals surface area contributed by atoms with Gasteiger partial charge in [-0.2, -0.15) is 0 Å². The number of esters is 1. The highest BCUT2D eigenvalue weighted by atomic mass is 16.5. The molecule has 0 aliphatic carbocycles. The van der Waals surface area contributed by atoms with E-state index in [1.54, 1.807) is 55.5 Å². The van der Waals surface area contributed by atoms with Crippen molar-refractivity contribution >= 4 is 17.4 Å². The lowest BCUT2D eigenvalue weighted by Crippen LogP contribution is -2.12. The molecular formula is C16H15NO3. The predicted molar refractivity (Wildman–Crippen MR) is 76.7 cm³/mol. The number of ether oxygens (including phenoxy) is 1. The number of hydrogen-bond acceptors (Lipinski definition) is 4. The molecule has 2 N–H and O–H groups in total. The normalized spacial score (nSPS) is 10.1. The van der Waals surface area contributed by atoms with Crippen LogP contribution in [0.1, 0.15) is 33.2 Å². The minimum absolute atomic E-state index is 0.249. The molecule has 2 aromatic rings. The molecule has 0 bridgehead atoms. The van der Waals surface area contributed by atoms with E-state index in [9.17, 15) is 9.59 Å². The van der Waals surface area contributed by atoms with Gasteiger partial charge in [0.25, 0.3) is 0 Å². The summed E-state index contributed by atoms with van der Waals surface area (Å²) in [7, 11) is 0. The zero-order chi connectivity index (χ0) is 14.5. The van der Waals surface area contributed by atoms with Crippen LogP contribution < -0.4 is 5.73 Å². The summed E-state index contributed by atoms with van der Waals surface area (Å²) in [5.41, 5.74) is 7.21. The van der Waals surface area contributed by atoms with Gasteiger partial charge in [-0.15, -0.1) is 0 Å². The zero-order valence-electron chi connectivity index (χ0n) is 11.1. The molecule has 0 spiro atoms. The number of hydrogen-bond donors (Lipinski definition) is 1. The number of benzene rings is 2. The number of anilines is 1. The highest BCUT2D eigenvalue weighted by Crippen LogP contribution is 2.17. The molecule has 20 heavy (non-hydrogen) atoms. The Hall–Kier alpha value is -2.62. The van der Waals surface area contributed by atoms with E-state index in [-0.39, 0.29) is 18.0 Å². The molecule has 2 aromatic carbocycles. The molecule has 0 fully saturated rings. The Morgan fingerprint density at radius 2 is 1.75 bits per heavy atom. The quantitative estimate of drug-likeness (QED) is 0.526. The average molecular weight is 269 g/mol. The number of nitrogens with two attached hydrogens (primary N) is 1. The van der Waals surface area contributed by atoms with Crippen LogP contribution in [0.25, 0.3) is 0 Å². The van der Waals surface area contributed by atoms with Crippen molar-refractivity contribution < 1.29 is 14.3 Å². The molecule has 4 heteroatoms. The van der Waals surface area contributed by atoms with E-state index < -0.39 is 5.97 Å². The van der Waals surface area contributed by atoms with Crippen LogP contribution in [0, 0.1) is 0 Å². The van der Waals surface area contributed by atoms with E-state index in [1.807, 2.05) is 0 Å². The molecule has 0 aliphatic rings. The Labute approximate surface area is 117 Å². The monoisotopic (exact) mass is 269 g/mol. The highest BCUT2D eigenvalue weighted by Gasteiger charge is 2.18. The SMILES string of the molecule is CCOC(=O)c1ccccc1C(=O)c1cccc(N)c1. The Kier molecular flexibility index (Phi) is 4.15. The van der Waals surface area contributed by atoms with Crippen LogP contribution in [0.2, 0.25) is 0 Å². The molecule has 0 heterocycles. The number of carbonyl (C=O) groups is 2. The molecule has 0 radical (unpaired) electrons. The van der Waals surface area contributed by atoms with Crippen LogP contribution in [-0.4, -0.2) is 18.4 Å². The van der Waals surface area contributed by atoms with Gasteiger partial charge in [-0.05, 0) is 25.1 Å². The highest BCUT2D eigenvalue weighted by molar-refractivity contribution is 6.14. The molecule has 0 unspecified atom stereocenters. The summed E-state index contributed by atoms with van der Waals surface area (Å²) >= 11 is 0. The molecule has 0 aromatic heterocycles. The summed E-state index contributed by atoms with van der Waals surface area (Å²) < 4.78 is 4.96. The number of ketones is 1. The summed E-state index contributed by atoms with van der Waals surface area (Å²) in [4.78, 5) is 24.3. The van der Waals surface area contributed by atoms with Crippen LogP contribution in [-0.2, 0) is 4.74 Å². The van der Waals surface area contributed by atoms with Crippen molar-refractivity contribution in [2.75, 3.05) is 12.3 Å². The first-order chi connectivity index (χ1) is 9.63. The number of carbonyl (C=O) groups excluding carboxylic acids is 2. The molecule has 0 amide bonds. The lowest BCUT2D eigenvalue weighted by Gasteiger charge is -2.08. The maximum absolute atomic E-state index is 12.5. The topological polar surface area (TPSA) is 69.4 Å². The van der Waals surface area contributed by atoms with E-state index in [2.05, 4.69) is 0 Å². The summed E-state index contributed by atoms with van der Waals surface area (Å²) in [6, 6.07) is 13.3. The lowest BCUT2D eigenvalue weighted by molar-refractivity contribution is 0.0523. The standard InChI is InChI=1S/C16H15NO3/c1-2-20-16(19)14-9-4-3-8-13(14)15(18)11-6-5-7-12(17)10-11/h3-10H,2,17H2,1H3. The fourth-order valence-corrected chi connectivity index (χ4v) is 1.90. The van der Waals surface area contributed by atoms with Crippen LogP contribution in [0.15, 0.2) is 48.5 Å². The van der Waals surface area contributed by atoms with Gasteiger partial charge < -0.3 is 10.5 Å². The first-order valence-corrected chi connectivity index (χ1v) is 6.30. The molecule has 0 saturated carbocycles. The fraction of sp³-hybridized carbons (Fsp3) is 0.125. The third kappa shape index (κ3) is 2.85. The van der Waals surface area contributed by atoms with Gasteiger partial charge in [0.1, 0.15) is 0 Å². The average Bonchev–Trinajstić information content (AvgIpc) is 2.47. The molecule has 4 nitrogen and oxygen atoms in total. The van der Waals surface area contributed by atoms with Gasteiger partial charge in [0, 0.05) is 16.8 Å². The third-order valence-electron chi connectivity index (χ3n) is 2.82. The van der Waals surface area contributed by atoms with Gasteiger partial charge >= 0.3 is 5.97 Å². The smallest absolute Gasteiger partial charge is 0.338 e. The second-order valence-corrected chi connectivity index (χ2v) is 4.22. The van der Waals surface area contributed by atoms with Crippen molar-refractivity contribution in [3.05, 3.63) is 65.2 Å². The largest absolute Gasteiger partial charge is 0.462 e. The molecule has 102 valence electrons. The Morgan fingerprint density at radius 1 is 1.05 bits per heavy atom.